The Bertz CT molecular complexity index is 767. The third-order valence-electron chi connectivity index (χ3n) is 4.76. The normalized spacial score (nSPS) is 18.1. The zero-order valence-electron chi connectivity index (χ0n) is 16.5. The number of nitrogens with one attached hydrogen (secondary N) is 1. The molecule has 1 aliphatic heterocycles. The van der Waals surface area contributed by atoms with Crippen molar-refractivity contribution < 1.29 is 29.4 Å². The van der Waals surface area contributed by atoms with Crippen LogP contribution in [-0.2, 0) is 25.6 Å². The van der Waals surface area contributed by atoms with Crippen LogP contribution in [0.1, 0.15) is 32.3 Å². The van der Waals surface area contributed by atoms with E-state index in [4.69, 9.17) is 0 Å². The van der Waals surface area contributed by atoms with E-state index in [1.807, 2.05) is 0 Å². The molecule has 8 nitrogen and oxygen atoms in total. The Labute approximate surface area is 173 Å². The second-order valence-corrected chi connectivity index (χ2v) is 8.21. The minimum absolute atomic E-state index is 0.111. The Morgan fingerprint density at radius 1 is 1.24 bits per heavy atom. The highest BCUT2D eigenvalue weighted by molar-refractivity contribution is 8.13. The molecule has 0 aliphatic carbocycles. The lowest BCUT2D eigenvalue weighted by atomic mass is 10.1. The van der Waals surface area contributed by atoms with E-state index in [2.05, 4.69) is 5.32 Å². The molecular formula is C20H26N2O6S. The summed E-state index contributed by atoms with van der Waals surface area (Å²) in [4.78, 5) is 49.4. The Balaban J connectivity index is 1.95. The number of nitrogens with zero attached hydrogens (tertiary/aromatic N) is 1. The molecule has 29 heavy (non-hydrogen) atoms. The van der Waals surface area contributed by atoms with Gasteiger partial charge in [0.2, 0.25) is 16.9 Å². The molecular weight excluding hydrogens is 396 g/mol. The molecule has 0 aromatic heterocycles. The van der Waals surface area contributed by atoms with E-state index < -0.39 is 24.0 Å². The van der Waals surface area contributed by atoms with Crippen molar-refractivity contribution in [2.75, 3.05) is 12.3 Å². The number of benzene rings is 1. The van der Waals surface area contributed by atoms with Gasteiger partial charge in [-0.25, -0.2) is 4.79 Å². The summed E-state index contributed by atoms with van der Waals surface area (Å²) in [6.45, 7) is 3.41. The van der Waals surface area contributed by atoms with Crippen LogP contribution in [0.15, 0.2) is 24.3 Å². The van der Waals surface area contributed by atoms with Crippen LogP contribution in [-0.4, -0.2) is 62.4 Å². The molecule has 0 spiro atoms. The van der Waals surface area contributed by atoms with Gasteiger partial charge in [-0.05, 0) is 30.5 Å². The van der Waals surface area contributed by atoms with Crippen LogP contribution in [0.5, 0.6) is 5.75 Å². The maximum atomic E-state index is 12.7. The second kappa shape index (κ2) is 10.3. The number of aromatic hydroxyl groups is 1. The third kappa shape index (κ3) is 6.49. The van der Waals surface area contributed by atoms with Gasteiger partial charge in [-0.1, -0.05) is 30.8 Å². The van der Waals surface area contributed by atoms with Gasteiger partial charge in [0.1, 0.15) is 17.8 Å². The topological polar surface area (TPSA) is 124 Å². The largest absolute Gasteiger partial charge is 0.508 e. The van der Waals surface area contributed by atoms with Gasteiger partial charge in [0.25, 0.3) is 0 Å². The number of rotatable bonds is 8. The SMILES string of the molecule is CC(=O)N[C@H](Cc1ccc(O)cc1)C(=O)SCC(C)C(=O)N1CCC[C@H]1C(=O)O. The van der Waals surface area contributed by atoms with E-state index >= 15 is 0 Å². The summed E-state index contributed by atoms with van der Waals surface area (Å²) in [5.41, 5.74) is 0.779. The number of carbonyl (C=O) groups excluding carboxylic acids is 3. The quantitative estimate of drug-likeness (QED) is 0.579. The smallest absolute Gasteiger partial charge is 0.326 e. The molecule has 2 amide bonds. The molecule has 1 saturated heterocycles. The number of likely N-dealkylation sites (tertiary alicyclic amines) is 1. The average molecular weight is 423 g/mol. The molecule has 0 saturated carbocycles. The molecule has 3 N–H and O–H groups in total. The van der Waals surface area contributed by atoms with Crippen molar-refractivity contribution in [2.45, 2.75) is 45.2 Å². The minimum Gasteiger partial charge on any atom is -0.508 e. The summed E-state index contributed by atoms with van der Waals surface area (Å²) in [5, 5.41) is 21.0. The van der Waals surface area contributed by atoms with Crippen molar-refractivity contribution in [3.8, 4) is 5.75 Å². The molecule has 158 valence electrons. The van der Waals surface area contributed by atoms with E-state index in [1.54, 1.807) is 19.1 Å². The van der Waals surface area contributed by atoms with Crippen LogP contribution in [0, 0.1) is 5.92 Å². The highest BCUT2D eigenvalue weighted by Crippen LogP contribution is 2.23. The molecule has 0 bridgehead atoms. The number of amides is 2. The second-order valence-electron chi connectivity index (χ2n) is 7.18. The van der Waals surface area contributed by atoms with Crippen molar-refractivity contribution in [1.29, 1.82) is 0 Å². The van der Waals surface area contributed by atoms with E-state index in [9.17, 15) is 29.4 Å². The first-order valence-corrected chi connectivity index (χ1v) is 10.4. The van der Waals surface area contributed by atoms with Gasteiger partial charge in [-0.3, -0.25) is 14.4 Å². The monoisotopic (exact) mass is 422 g/mol. The zero-order valence-corrected chi connectivity index (χ0v) is 17.3. The molecule has 0 radical (unpaired) electrons. The highest BCUT2D eigenvalue weighted by atomic mass is 32.2. The lowest BCUT2D eigenvalue weighted by molar-refractivity contribution is -0.149. The van der Waals surface area contributed by atoms with E-state index in [0.29, 0.717) is 19.4 Å². The van der Waals surface area contributed by atoms with Crippen LogP contribution in [0.3, 0.4) is 0 Å². The highest BCUT2D eigenvalue weighted by Gasteiger charge is 2.36. The van der Waals surface area contributed by atoms with Gasteiger partial charge in [0.05, 0.1) is 0 Å². The molecule has 1 fully saturated rings. The fourth-order valence-corrected chi connectivity index (χ4v) is 4.16. The third-order valence-corrected chi connectivity index (χ3v) is 5.99. The minimum atomic E-state index is -1.01. The Hall–Kier alpha value is -2.55. The fourth-order valence-electron chi connectivity index (χ4n) is 3.26. The summed E-state index contributed by atoms with van der Waals surface area (Å²) < 4.78 is 0. The maximum Gasteiger partial charge on any atom is 0.326 e. The number of thioether (sulfide) groups is 1. The van der Waals surface area contributed by atoms with Crippen molar-refractivity contribution in [3.05, 3.63) is 29.8 Å². The summed E-state index contributed by atoms with van der Waals surface area (Å²) in [6.07, 6.45) is 1.36. The fraction of sp³-hybridized carbons (Fsp3) is 0.500. The molecule has 9 heteroatoms. The van der Waals surface area contributed by atoms with Gasteiger partial charge in [-0.2, -0.15) is 0 Å². The van der Waals surface area contributed by atoms with E-state index in [0.717, 1.165) is 17.3 Å². The summed E-state index contributed by atoms with van der Waals surface area (Å²) in [5.74, 6) is -1.83. The number of carbonyl (C=O) groups is 4. The summed E-state index contributed by atoms with van der Waals surface area (Å²) in [6, 6.07) is 4.80. The van der Waals surface area contributed by atoms with E-state index in [-0.39, 0.29) is 34.9 Å². The Kier molecular flexibility index (Phi) is 8.07. The van der Waals surface area contributed by atoms with Crippen LogP contribution < -0.4 is 5.32 Å². The lowest BCUT2D eigenvalue weighted by Crippen LogP contribution is -2.44. The number of carboxylic acid groups (broad SMARTS) is 1. The standard InChI is InChI=1S/C20H26N2O6S/c1-12(18(25)22-9-3-4-17(22)19(26)27)11-29-20(28)16(21-13(2)23)10-14-5-7-15(24)8-6-14/h5-8,12,16-17,24H,3-4,9-11H2,1-2H3,(H,21,23)(H,26,27)/t12?,16-,17+/m1/s1. The van der Waals surface area contributed by atoms with Crippen LogP contribution in [0.2, 0.25) is 0 Å². The number of phenols is 1. The predicted octanol–water partition coefficient (Wildman–Crippen LogP) is 1.41. The Morgan fingerprint density at radius 3 is 2.48 bits per heavy atom. The van der Waals surface area contributed by atoms with Crippen molar-refractivity contribution >= 4 is 34.7 Å². The van der Waals surface area contributed by atoms with Crippen molar-refractivity contribution in [3.63, 3.8) is 0 Å². The number of hydrogen-bond acceptors (Lipinski definition) is 6. The zero-order chi connectivity index (χ0) is 21.6. The summed E-state index contributed by atoms with van der Waals surface area (Å²) in [7, 11) is 0. The van der Waals surface area contributed by atoms with Crippen LogP contribution in [0.4, 0.5) is 0 Å². The van der Waals surface area contributed by atoms with Gasteiger partial charge < -0.3 is 20.4 Å². The average Bonchev–Trinajstić information content (AvgIpc) is 3.16. The predicted molar refractivity (Wildman–Crippen MR) is 108 cm³/mol. The lowest BCUT2D eigenvalue weighted by Gasteiger charge is -2.25. The molecule has 1 heterocycles. The maximum absolute atomic E-state index is 12.7. The number of hydrogen-bond donors (Lipinski definition) is 3. The summed E-state index contributed by atoms with van der Waals surface area (Å²) >= 11 is 0.956. The van der Waals surface area contributed by atoms with Gasteiger partial charge >= 0.3 is 5.97 Å². The molecule has 3 atom stereocenters. The number of carboxylic acids is 1. The first kappa shape index (κ1) is 22.7. The van der Waals surface area contributed by atoms with Crippen molar-refractivity contribution in [1.82, 2.24) is 10.2 Å². The van der Waals surface area contributed by atoms with Gasteiger partial charge in [0, 0.05) is 31.6 Å². The molecule has 1 aliphatic rings. The molecule has 1 unspecified atom stereocenters. The van der Waals surface area contributed by atoms with Gasteiger partial charge in [0.15, 0.2) is 0 Å². The van der Waals surface area contributed by atoms with Crippen LogP contribution in [0.25, 0.3) is 0 Å². The first-order valence-electron chi connectivity index (χ1n) is 9.44. The van der Waals surface area contributed by atoms with E-state index in [1.165, 1.54) is 24.0 Å². The van der Waals surface area contributed by atoms with Crippen LogP contribution >= 0.6 is 11.8 Å². The van der Waals surface area contributed by atoms with Gasteiger partial charge in [-0.15, -0.1) is 0 Å². The Morgan fingerprint density at radius 2 is 1.90 bits per heavy atom. The number of aliphatic carboxylic acids is 1. The first-order chi connectivity index (χ1) is 13.7. The van der Waals surface area contributed by atoms with Crippen molar-refractivity contribution in [2.24, 2.45) is 5.92 Å². The molecule has 1 aromatic carbocycles. The molecule has 1 aromatic rings. The molecule has 2 rings (SSSR count). The number of phenolic OH excluding ortho intramolecular Hbond substituents is 1.